The van der Waals surface area contributed by atoms with Gasteiger partial charge in [0.2, 0.25) is 5.91 Å². The molecule has 1 heterocycles. The first-order chi connectivity index (χ1) is 12.0. The lowest BCUT2D eigenvalue weighted by molar-refractivity contribution is -0.122. The molecular weight excluding hydrogens is 321 g/mol. The second-order valence-electron chi connectivity index (χ2n) is 5.88. The zero-order valence-electron chi connectivity index (χ0n) is 14.0. The summed E-state index contributed by atoms with van der Waals surface area (Å²) < 4.78 is 15.1. The van der Waals surface area contributed by atoms with Gasteiger partial charge in [0.25, 0.3) is 5.56 Å². The van der Waals surface area contributed by atoms with E-state index in [1.54, 1.807) is 56.3 Å². The van der Waals surface area contributed by atoms with Crippen molar-refractivity contribution in [1.29, 1.82) is 0 Å². The van der Waals surface area contributed by atoms with Crippen LogP contribution in [0, 0.1) is 12.7 Å². The van der Waals surface area contributed by atoms with Gasteiger partial charge in [-0.05, 0) is 32.0 Å². The fourth-order valence-electron chi connectivity index (χ4n) is 2.80. The molecule has 1 atom stereocenters. The maximum Gasteiger partial charge on any atom is 0.261 e. The number of aromatic nitrogens is 2. The van der Waals surface area contributed by atoms with E-state index in [-0.39, 0.29) is 23.8 Å². The van der Waals surface area contributed by atoms with Crippen molar-refractivity contribution in [2.75, 3.05) is 0 Å². The predicted molar refractivity (Wildman–Crippen MR) is 93.7 cm³/mol. The van der Waals surface area contributed by atoms with Crippen molar-refractivity contribution in [3.8, 4) is 0 Å². The molecule has 25 heavy (non-hydrogen) atoms. The number of carbonyl (C=O) groups is 1. The molecule has 6 heteroatoms. The van der Waals surface area contributed by atoms with Gasteiger partial charge in [-0.3, -0.25) is 14.2 Å². The molecule has 0 bridgehead atoms. The van der Waals surface area contributed by atoms with Crippen molar-refractivity contribution in [2.45, 2.75) is 26.4 Å². The van der Waals surface area contributed by atoms with Gasteiger partial charge in [-0.25, -0.2) is 9.37 Å². The Labute approximate surface area is 144 Å². The molecular formula is C19H18FN3O2. The monoisotopic (exact) mass is 339 g/mol. The fraction of sp³-hybridized carbons (Fsp3) is 0.211. The van der Waals surface area contributed by atoms with Crippen LogP contribution in [-0.2, 0) is 11.3 Å². The van der Waals surface area contributed by atoms with Crippen molar-refractivity contribution >= 4 is 16.8 Å². The van der Waals surface area contributed by atoms with Crippen LogP contribution in [0.1, 0.15) is 24.4 Å². The van der Waals surface area contributed by atoms with Gasteiger partial charge in [-0.1, -0.05) is 30.3 Å². The van der Waals surface area contributed by atoms with Crippen LogP contribution >= 0.6 is 0 Å². The summed E-state index contributed by atoms with van der Waals surface area (Å²) in [5.74, 6) is -0.300. The molecule has 1 N–H and O–H groups in total. The summed E-state index contributed by atoms with van der Waals surface area (Å²) in [5, 5.41) is 3.18. The van der Waals surface area contributed by atoms with Crippen LogP contribution in [0.3, 0.4) is 0 Å². The van der Waals surface area contributed by atoms with Gasteiger partial charge in [0.15, 0.2) is 0 Å². The third-order valence-corrected chi connectivity index (χ3v) is 4.10. The van der Waals surface area contributed by atoms with Gasteiger partial charge in [-0.2, -0.15) is 0 Å². The van der Waals surface area contributed by atoms with Crippen molar-refractivity contribution in [2.24, 2.45) is 0 Å². The maximum absolute atomic E-state index is 13.8. The summed E-state index contributed by atoms with van der Waals surface area (Å²) in [4.78, 5) is 29.3. The van der Waals surface area contributed by atoms with E-state index in [2.05, 4.69) is 10.3 Å². The van der Waals surface area contributed by atoms with Crippen molar-refractivity contribution in [1.82, 2.24) is 14.9 Å². The Morgan fingerprint density at radius 3 is 2.64 bits per heavy atom. The number of fused-ring (bicyclic) bond motifs is 1. The molecule has 0 unspecified atom stereocenters. The number of hydrogen-bond donors (Lipinski definition) is 1. The van der Waals surface area contributed by atoms with E-state index in [1.807, 2.05) is 0 Å². The number of hydrogen-bond acceptors (Lipinski definition) is 3. The number of para-hydroxylation sites is 1. The average molecular weight is 339 g/mol. The zero-order chi connectivity index (χ0) is 18.0. The normalized spacial score (nSPS) is 12.1. The Balaban J connectivity index is 1.83. The lowest BCUT2D eigenvalue weighted by atomic mass is 10.1. The summed E-state index contributed by atoms with van der Waals surface area (Å²) in [6, 6.07) is 12.8. The van der Waals surface area contributed by atoms with Crippen LogP contribution in [-0.4, -0.2) is 15.5 Å². The summed E-state index contributed by atoms with van der Waals surface area (Å²) >= 11 is 0. The molecule has 1 aromatic heterocycles. The number of carbonyl (C=O) groups excluding carboxylic acids is 1. The molecule has 0 radical (unpaired) electrons. The van der Waals surface area contributed by atoms with Crippen molar-refractivity contribution < 1.29 is 9.18 Å². The number of nitrogens with one attached hydrogen (secondary N) is 1. The van der Waals surface area contributed by atoms with Gasteiger partial charge in [-0.15, -0.1) is 0 Å². The number of benzene rings is 2. The highest BCUT2D eigenvalue weighted by Gasteiger charge is 2.15. The standard InChI is InChI=1S/C19H18FN3O2/c1-12(14-7-3-5-9-16(14)20)21-18(24)11-23-13(2)22-17-10-6-4-8-15(17)19(23)25/h3-10,12H,11H2,1-2H3,(H,21,24)/t12-/m0/s1. The average Bonchev–Trinajstić information content (AvgIpc) is 2.59. The van der Waals surface area contributed by atoms with E-state index in [9.17, 15) is 14.0 Å². The molecule has 0 fully saturated rings. The summed E-state index contributed by atoms with van der Waals surface area (Å²) in [7, 11) is 0. The van der Waals surface area contributed by atoms with Crippen LogP contribution in [0.5, 0.6) is 0 Å². The fourth-order valence-corrected chi connectivity index (χ4v) is 2.80. The minimum absolute atomic E-state index is 0.165. The van der Waals surface area contributed by atoms with E-state index in [1.165, 1.54) is 10.6 Å². The largest absolute Gasteiger partial charge is 0.348 e. The number of nitrogens with zero attached hydrogens (tertiary/aromatic N) is 2. The first-order valence-electron chi connectivity index (χ1n) is 7.97. The van der Waals surface area contributed by atoms with Crippen molar-refractivity contribution in [3.05, 3.63) is 76.1 Å². The molecule has 0 aliphatic heterocycles. The van der Waals surface area contributed by atoms with Crippen LogP contribution < -0.4 is 10.9 Å². The third-order valence-electron chi connectivity index (χ3n) is 4.10. The quantitative estimate of drug-likeness (QED) is 0.795. The van der Waals surface area contributed by atoms with Gasteiger partial charge in [0, 0.05) is 5.56 Å². The van der Waals surface area contributed by atoms with E-state index in [0.717, 1.165) is 0 Å². The number of amides is 1. The molecule has 0 spiro atoms. The molecule has 3 aromatic rings. The van der Waals surface area contributed by atoms with Gasteiger partial charge in [0.05, 0.1) is 16.9 Å². The highest BCUT2D eigenvalue weighted by Crippen LogP contribution is 2.16. The molecule has 128 valence electrons. The SMILES string of the molecule is Cc1nc2ccccc2c(=O)n1CC(=O)N[C@@H](C)c1ccccc1F. The van der Waals surface area contributed by atoms with Crippen LogP contribution in [0.4, 0.5) is 4.39 Å². The van der Waals surface area contributed by atoms with Crippen LogP contribution in [0.25, 0.3) is 10.9 Å². The Morgan fingerprint density at radius 2 is 1.88 bits per heavy atom. The number of rotatable bonds is 4. The Hall–Kier alpha value is -3.02. The van der Waals surface area contributed by atoms with E-state index >= 15 is 0 Å². The maximum atomic E-state index is 13.8. The minimum atomic E-state index is -0.502. The van der Waals surface area contributed by atoms with Gasteiger partial charge >= 0.3 is 0 Å². The van der Waals surface area contributed by atoms with E-state index < -0.39 is 6.04 Å². The minimum Gasteiger partial charge on any atom is -0.348 e. The topological polar surface area (TPSA) is 64.0 Å². The number of aryl methyl sites for hydroxylation is 1. The smallest absolute Gasteiger partial charge is 0.261 e. The van der Waals surface area contributed by atoms with Gasteiger partial charge < -0.3 is 5.32 Å². The summed E-state index contributed by atoms with van der Waals surface area (Å²) in [6.45, 7) is 3.22. The molecule has 2 aromatic carbocycles. The lowest BCUT2D eigenvalue weighted by Crippen LogP contribution is -2.35. The highest BCUT2D eigenvalue weighted by molar-refractivity contribution is 5.79. The second-order valence-corrected chi connectivity index (χ2v) is 5.88. The highest BCUT2D eigenvalue weighted by atomic mass is 19.1. The molecule has 1 amide bonds. The lowest BCUT2D eigenvalue weighted by Gasteiger charge is -2.16. The van der Waals surface area contributed by atoms with E-state index in [4.69, 9.17) is 0 Å². The zero-order valence-corrected chi connectivity index (χ0v) is 14.0. The van der Waals surface area contributed by atoms with Gasteiger partial charge in [0.1, 0.15) is 18.2 Å². The van der Waals surface area contributed by atoms with Crippen LogP contribution in [0.15, 0.2) is 53.3 Å². The first kappa shape index (κ1) is 16.8. The molecule has 0 saturated heterocycles. The van der Waals surface area contributed by atoms with Crippen LogP contribution in [0.2, 0.25) is 0 Å². The first-order valence-corrected chi connectivity index (χ1v) is 7.97. The molecule has 0 saturated carbocycles. The predicted octanol–water partition coefficient (Wildman–Crippen LogP) is 2.72. The molecule has 0 aliphatic rings. The third kappa shape index (κ3) is 3.42. The van der Waals surface area contributed by atoms with Crippen molar-refractivity contribution in [3.63, 3.8) is 0 Å². The molecule has 3 rings (SSSR count). The Kier molecular flexibility index (Phi) is 4.61. The Morgan fingerprint density at radius 1 is 1.20 bits per heavy atom. The summed E-state index contributed by atoms with van der Waals surface area (Å²) in [6.07, 6.45) is 0. The molecule has 5 nitrogen and oxygen atoms in total. The van der Waals surface area contributed by atoms with E-state index in [0.29, 0.717) is 22.3 Å². The number of halogens is 1. The Bertz CT molecular complexity index is 997. The second kappa shape index (κ2) is 6.84. The summed E-state index contributed by atoms with van der Waals surface area (Å²) in [5.41, 5.74) is 0.731. The molecule has 0 aliphatic carbocycles.